The number of hydrogen-bond acceptors (Lipinski definition) is 2. The van der Waals surface area contributed by atoms with Gasteiger partial charge in [-0.15, -0.1) is 0 Å². The highest BCUT2D eigenvalue weighted by Gasteiger charge is 2.24. The fraction of sp³-hybridized carbons (Fsp3) is 0.533. The Hall–Kier alpha value is -1.02. The molecule has 1 aromatic rings. The topological polar surface area (TPSA) is 26.3 Å². The molecule has 0 heterocycles. The number of rotatable bonds is 5. The Bertz CT molecular complexity index is 393. The summed E-state index contributed by atoms with van der Waals surface area (Å²) >= 11 is 5.84. The Morgan fingerprint density at radius 1 is 1.28 bits per heavy atom. The maximum absolute atomic E-state index is 11.6. The van der Waals surface area contributed by atoms with Crippen LogP contribution in [0, 0.1) is 5.92 Å². The molecule has 0 amide bonds. The van der Waals surface area contributed by atoms with Gasteiger partial charge in [0.05, 0.1) is 5.92 Å². The Morgan fingerprint density at radius 3 is 2.33 bits per heavy atom. The first-order valence-electron chi connectivity index (χ1n) is 6.27. The van der Waals surface area contributed by atoms with E-state index in [9.17, 15) is 4.79 Å². The van der Waals surface area contributed by atoms with Crippen LogP contribution in [-0.4, -0.2) is 11.6 Å². The summed E-state index contributed by atoms with van der Waals surface area (Å²) in [5, 5.41) is 0.740. The third kappa shape index (κ3) is 5.09. The van der Waals surface area contributed by atoms with Crippen LogP contribution in [0.25, 0.3) is 0 Å². The van der Waals surface area contributed by atoms with Crippen LogP contribution in [0.1, 0.15) is 39.7 Å². The van der Waals surface area contributed by atoms with Crippen LogP contribution >= 0.6 is 11.6 Å². The Kier molecular flexibility index (Phi) is 5.21. The number of carbonyl (C=O) groups excluding carboxylic acids is 1. The number of carbonyl (C=O) groups is 1. The summed E-state index contributed by atoms with van der Waals surface area (Å²) in [5.41, 5.74) is 0.772. The molecule has 0 aliphatic heterocycles. The molecular weight excluding hydrogens is 248 g/mol. The molecule has 2 nitrogen and oxygen atoms in total. The van der Waals surface area contributed by atoms with E-state index in [4.69, 9.17) is 16.3 Å². The highest BCUT2D eigenvalue weighted by Crippen LogP contribution is 2.20. The predicted octanol–water partition coefficient (Wildman–Crippen LogP) is 4.25. The summed E-state index contributed by atoms with van der Waals surface area (Å²) in [5.74, 6) is -0.226. The van der Waals surface area contributed by atoms with Gasteiger partial charge >= 0.3 is 5.97 Å². The van der Waals surface area contributed by atoms with Crippen LogP contribution < -0.4 is 0 Å². The number of aryl methyl sites for hydroxylation is 1. The molecule has 0 saturated heterocycles. The number of hydrogen-bond donors (Lipinski definition) is 0. The van der Waals surface area contributed by atoms with Crippen molar-refractivity contribution in [3.8, 4) is 0 Å². The van der Waals surface area contributed by atoms with E-state index in [1.54, 1.807) is 0 Å². The van der Waals surface area contributed by atoms with Crippen molar-refractivity contribution < 1.29 is 9.53 Å². The van der Waals surface area contributed by atoms with E-state index in [1.807, 2.05) is 52.0 Å². The molecule has 0 unspecified atom stereocenters. The molecule has 0 atom stereocenters. The molecule has 0 aliphatic rings. The van der Waals surface area contributed by atoms with Crippen LogP contribution in [0.2, 0.25) is 5.02 Å². The lowest BCUT2D eigenvalue weighted by atomic mass is 9.98. The molecule has 0 aromatic heterocycles. The summed E-state index contributed by atoms with van der Waals surface area (Å²) in [6.45, 7) is 7.58. The van der Waals surface area contributed by atoms with Crippen LogP contribution in [0.4, 0.5) is 0 Å². The minimum absolute atomic E-state index is 0.0835. The number of esters is 1. The monoisotopic (exact) mass is 268 g/mol. The van der Waals surface area contributed by atoms with Crippen molar-refractivity contribution in [2.45, 2.75) is 46.1 Å². The van der Waals surface area contributed by atoms with Gasteiger partial charge in [-0.05, 0) is 44.4 Å². The average molecular weight is 269 g/mol. The van der Waals surface area contributed by atoms with Crippen molar-refractivity contribution in [3.05, 3.63) is 34.9 Å². The lowest BCUT2D eigenvalue weighted by Gasteiger charge is -2.26. The molecular formula is C15H21ClO2. The van der Waals surface area contributed by atoms with Gasteiger partial charge < -0.3 is 4.74 Å². The summed E-state index contributed by atoms with van der Waals surface area (Å²) in [4.78, 5) is 11.6. The fourth-order valence-electron chi connectivity index (χ4n) is 1.54. The largest absolute Gasteiger partial charge is 0.459 e. The van der Waals surface area contributed by atoms with Crippen LogP contribution in [0.15, 0.2) is 24.3 Å². The van der Waals surface area contributed by atoms with Crippen molar-refractivity contribution in [2.75, 3.05) is 0 Å². The Balaban J connectivity index is 2.51. The van der Waals surface area contributed by atoms with E-state index in [0.717, 1.165) is 17.9 Å². The predicted molar refractivity (Wildman–Crippen MR) is 74.8 cm³/mol. The molecule has 0 aliphatic carbocycles. The molecule has 0 N–H and O–H groups in total. The molecule has 0 radical (unpaired) electrons. The van der Waals surface area contributed by atoms with E-state index >= 15 is 0 Å². The highest BCUT2D eigenvalue weighted by atomic mass is 35.5. The normalized spacial score (nSPS) is 11.7. The number of halogens is 1. The molecule has 100 valence electrons. The van der Waals surface area contributed by atoms with Gasteiger partial charge in [0.15, 0.2) is 0 Å². The number of ether oxygens (including phenoxy) is 1. The SMILES string of the molecule is CC(C)C(=O)OC(C)(C)CCc1ccc(Cl)cc1. The Labute approximate surface area is 114 Å². The van der Waals surface area contributed by atoms with E-state index in [1.165, 1.54) is 5.56 Å². The van der Waals surface area contributed by atoms with Crippen molar-refractivity contribution in [3.63, 3.8) is 0 Å². The second kappa shape index (κ2) is 6.24. The molecule has 3 heteroatoms. The first-order chi connectivity index (χ1) is 8.30. The lowest BCUT2D eigenvalue weighted by molar-refractivity contribution is -0.160. The molecule has 1 rings (SSSR count). The second-order valence-electron chi connectivity index (χ2n) is 5.46. The molecule has 0 bridgehead atoms. The first kappa shape index (κ1) is 15.0. The van der Waals surface area contributed by atoms with Crippen LogP contribution in [-0.2, 0) is 16.0 Å². The van der Waals surface area contributed by atoms with Gasteiger partial charge in [-0.2, -0.15) is 0 Å². The fourth-order valence-corrected chi connectivity index (χ4v) is 1.66. The van der Waals surface area contributed by atoms with Gasteiger partial charge in [-0.25, -0.2) is 0 Å². The minimum Gasteiger partial charge on any atom is -0.459 e. The van der Waals surface area contributed by atoms with Gasteiger partial charge in [0.1, 0.15) is 5.60 Å². The van der Waals surface area contributed by atoms with Crippen molar-refractivity contribution in [1.82, 2.24) is 0 Å². The zero-order valence-corrected chi connectivity index (χ0v) is 12.3. The van der Waals surface area contributed by atoms with Crippen LogP contribution in [0.3, 0.4) is 0 Å². The smallest absolute Gasteiger partial charge is 0.308 e. The van der Waals surface area contributed by atoms with E-state index in [0.29, 0.717) is 0 Å². The summed E-state index contributed by atoms with van der Waals surface area (Å²) < 4.78 is 5.48. The maximum Gasteiger partial charge on any atom is 0.308 e. The average Bonchev–Trinajstić information content (AvgIpc) is 2.27. The van der Waals surface area contributed by atoms with E-state index in [2.05, 4.69) is 0 Å². The third-order valence-electron chi connectivity index (χ3n) is 2.78. The van der Waals surface area contributed by atoms with Crippen LogP contribution in [0.5, 0.6) is 0 Å². The summed E-state index contributed by atoms with van der Waals surface area (Å²) in [6, 6.07) is 7.76. The molecule has 0 fully saturated rings. The van der Waals surface area contributed by atoms with Gasteiger partial charge in [0, 0.05) is 5.02 Å². The van der Waals surface area contributed by atoms with E-state index in [-0.39, 0.29) is 11.9 Å². The van der Waals surface area contributed by atoms with E-state index < -0.39 is 5.60 Å². The van der Waals surface area contributed by atoms with Crippen molar-refractivity contribution in [2.24, 2.45) is 5.92 Å². The highest BCUT2D eigenvalue weighted by molar-refractivity contribution is 6.30. The van der Waals surface area contributed by atoms with Gasteiger partial charge in [-0.3, -0.25) is 4.79 Å². The standard InChI is InChI=1S/C15H21ClO2/c1-11(2)14(17)18-15(3,4)10-9-12-5-7-13(16)8-6-12/h5-8,11H,9-10H2,1-4H3. The molecule has 18 heavy (non-hydrogen) atoms. The second-order valence-corrected chi connectivity index (χ2v) is 5.90. The molecule has 0 spiro atoms. The lowest BCUT2D eigenvalue weighted by Crippen LogP contribution is -2.30. The van der Waals surface area contributed by atoms with Crippen molar-refractivity contribution >= 4 is 17.6 Å². The maximum atomic E-state index is 11.6. The zero-order valence-electron chi connectivity index (χ0n) is 11.5. The molecule has 1 aromatic carbocycles. The zero-order chi connectivity index (χ0) is 13.8. The van der Waals surface area contributed by atoms with Gasteiger partial charge in [0.2, 0.25) is 0 Å². The Morgan fingerprint density at radius 2 is 1.83 bits per heavy atom. The summed E-state index contributed by atoms with van der Waals surface area (Å²) in [6.07, 6.45) is 1.67. The minimum atomic E-state index is -0.430. The quantitative estimate of drug-likeness (QED) is 0.746. The van der Waals surface area contributed by atoms with Crippen molar-refractivity contribution in [1.29, 1.82) is 0 Å². The third-order valence-corrected chi connectivity index (χ3v) is 3.03. The van der Waals surface area contributed by atoms with Gasteiger partial charge in [0.25, 0.3) is 0 Å². The number of benzene rings is 1. The first-order valence-corrected chi connectivity index (χ1v) is 6.65. The molecule has 0 saturated carbocycles. The van der Waals surface area contributed by atoms with Gasteiger partial charge in [-0.1, -0.05) is 37.6 Å². The summed E-state index contributed by atoms with van der Waals surface area (Å²) in [7, 11) is 0.